The summed E-state index contributed by atoms with van der Waals surface area (Å²) in [5, 5.41) is 0. The molecule has 0 atom stereocenters. The maximum Gasteiger partial charge on any atom is 0.332 e. The van der Waals surface area contributed by atoms with Gasteiger partial charge >= 0.3 is 5.69 Å². The van der Waals surface area contributed by atoms with Crippen molar-refractivity contribution in [2.45, 2.75) is 32.4 Å². The topological polar surface area (TPSA) is 82.1 Å². The molecule has 2 aromatic heterocycles. The van der Waals surface area contributed by atoms with Crippen LogP contribution < -0.4 is 11.2 Å². The highest BCUT2D eigenvalue weighted by Crippen LogP contribution is 2.26. The fraction of sp³-hybridized carbons (Fsp3) is 0.571. The molecule has 0 aliphatic heterocycles. The number of carbonyl (C=O) groups is 1. The van der Waals surface area contributed by atoms with Crippen LogP contribution >= 0.6 is 0 Å². The van der Waals surface area contributed by atoms with E-state index in [1.165, 1.54) is 22.5 Å². The van der Waals surface area contributed by atoms with Gasteiger partial charge in [-0.3, -0.25) is 18.7 Å². The van der Waals surface area contributed by atoms with Crippen LogP contribution in [0.2, 0.25) is 0 Å². The molecule has 2 heterocycles. The molecule has 0 aromatic carbocycles. The summed E-state index contributed by atoms with van der Waals surface area (Å²) in [7, 11) is 2.98. The van der Waals surface area contributed by atoms with Gasteiger partial charge in [0.1, 0.15) is 6.54 Å². The molecule has 2 aromatic rings. The van der Waals surface area contributed by atoms with Crippen LogP contribution in [-0.2, 0) is 25.4 Å². The van der Waals surface area contributed by atoms with E-state index >= 15 is 0 Å². The first-order valence-electron chi connectivity index (χ1n) is 7.36. The molecule has 0 bridgehead atoms. The number of imidazole rings is 1. The quantitative estimate of drug-likeness (QED) is 0.758. The lowest BCUT2D eigenvalue weighted by molar-refractivity contribution is -0.132. The average molecular weight is 305 g/mol. The number of nitrogens with zero attached hydrogens (tertiary/aromatic N) is 5. The summed E-state index contributed by atoms with van der Waals surface area (Å²) < 4.78 is 3.88. The highest BCUT2D eigenvalue weighted by atomic mass is 16.2. The summed E-state index contributed by atoms with van der Waals surface area (Å²) in [6.45, 7) is 2.67. The molecule has 1 fully saturated rings. The van der Waals surface area contributed by atoms with Crippen molar-refractivity contribution in [2.24, 2.45) is 14.1 Å². The van der Waals surface area contributed by atoms with E-state index in [0.29, 0.717) is 18.2 Å². The van der Waals surface area contributed by atoms with E-state index in [0.717, 1.165) is 17.4 Å². The second kappa shape index (κ2) is 5.11. The maximum absolute atomic E-state index is 12.4. The Kier molecular flexibility index (Phi) is 3.38. The minimum Gasteiger partial charge on any atom is -0.338 e. The van der Waals surface area contributed by atoms with Crippen molar-refractivity contribution >= 4 is 17.1 Å². The van der Waals surface area contributed by atoms with Gasteiger partial charge in [0.25, 0.3) is 5.56 Å². The molecule has 8 nitrogen and oxygen atoms in total. The Morgan fingerprint density at radius 1 is 1.32 bits per heavy atom. The average Bonchev–Trinajstić information content (AvgIpc) is 3.24. The summed E-state index contributed by atoms with van der Waals surface area (Å²) in [6.07, 6.45) is 3.53. The summed E-state index contributed by atoms with van der Waals surface area (Å²) in [5.41, 5.74) is -0.278. The van der Waals surface area contributed by atoms with Crippen LogP contribution in [0.15, 0.2) is 15.9 Å². The third kappa shape index (κ3) is 2.15. The van der Waals surface area contributed by atoms with E-state index in [4.69, 9.17) is 0 Å². The van der Waals surface area contributed by atoms with Crippen molar-refractivity contribution < 1.29 is 4.79 Å². The summed E-state index contributed by atoms with van der Waals surface area (Å²) in [4.78, 5) is 42.6. The predicted molar refractivity (Wildman–Crippen MR) is 80.6 cm³/mol. The van der Waals surface area contributed by atoms with Gasteiger partial charge in [0.15, 0.2) is 11.2 Å². The van der Waals surface area contributed by atoms with Crippen LogP contribution in [0.5, 0.6) is 0 Å². The molecule has 1 amide bonds. The molecule has 22 heavy (non-hydrogen) atoms. The highest BCUT2D eigenvalue weighted by molar-refractivity contribution is 5.79. The first-order chi connectivity index (χ1) is 10.5. The number of likely N-dealkylation sites (N-methyl/N-ethyl adjacent to an activating group) is 1. The van der Waals surface area contributed by atoms with E-state index < -0.39 is 11.2 Å². The number of fused-ring (bicyclic) bond motifs is 1. The van der Waals surface area contributed by atoms with Crippen LogP contribution in [0, 0.1) is 0 Å². The standard InChI is InChI=1S/C14H19N5O3/c1-4-19(9-5-6-9)10(20)7-18-8-15-12-11(18)13(21)17(3)14(22)16(12)2/h8-9H,4-7H2,1-3H3. The zero-order valence-corrected chi connectivity index (χ0v) is 12.9. The number of aryl methyl sites for hydroxylation is 1. The number of aromatic nitrogens is 4. The van der Waals surface area contributed by atoms with Crippen LogP contribution in [0.25, 0.3) is 11.2 Å². The lowest BCUT2D eigenvalue weighted by Crippen LogP contribution is -2.39. The molecule has 0 radical (unpaired) electrons. The Balaban J connectivity index is 2.04. The SMILES string of the molecule is CCN(C(=O)Cn1cnc2c1c(=O)n(C)c(=O)n2C)C1CC1. The first-order valence-corrected chi connectivity index (χ1v) is 7.36. The van der Waals surface area contributed by atoms with E-state index in [1.54, 1.807) is 7.05 Å². The number of hydrogen-bond acceptors (Lipinski definition) is 4. The minimum atomic E-state index is -0.433. The van der Waals surface area contributed by atoms with Gasteiger partial charge in [0, 0.05) is 26.7 Å². The zero-order valence-electron chi connectivity index (χ0n) is 12.9. The predicted octanol–water partition coefficient (Wildman–Crippen LogP) is -0.555. The molecule has 8 heteroatoms. The van der Waals surface area contributed by atoms with Gasteiger partial charge in [-0.05, 0) is 19.8 Å². The van der Waals surface area contributed by atoms with Crippen molar-refractivity contribution in [3.8, 4) is 0 Å². The van der Waals surface area contributed by atoms with Gasteiger partial charge in [0.2, 0.25) is 5.91 Å². The second-order valence-corrected chi connectivity index (χ2v) is 5.66. The number of rotatable bonds is 4. The Hall–Kier alpha value is -2.38. The van der Waals surface area contributed by atoms with Crippen LogP contribution in [0.1, 0.15) is 19.8 Å². The van der Waals surface area contributed by atoms with E-state index in [1.807, 2.05) is 11.8 Å². The molecule has 0 N–H and O–H groups in total. The molecule has 0 unspecified atom stereocenters. The highest BCUT2D eigenvalue weighted by Gasteiger charge is 2.31. The number of amides is 1. The largest absolute Gasteiger partial charge is 0.338 e. The van der Waals surface area contributed by atoms with Crippen molar-refractivity contribution in [1.82, 2.24) is 23.6 Å². The third-order valence-corrected chi connectivity index (χ3v) is 4.17. The summed E-state index contributed by atoms with van der Waals surface area (Å²) in [6, 6.07) is 0.333. The molecular formula is C14H19N5O3. The fourth-order valence-corrected chi connectivity index (χ4v) is 2.78. The second-order valence-electron chi connectivity index (χ2n) is 5.66. The van der Waals surface area contributed by atoms with Crippen LogP contribution in [0.4, 0.5) is 0 Å². The third-order valence-electron chi connectivity index (χ3n) is 4.17. The molecule has 1 saturated carbocycles. The monoisotopic (exact) mass is 305 g/mol. The molecule has 1 aliphatic rings. The van der Waals surface area contributed by atoms with E-state index in [9.17, 15) is 14.4 Å². The van der Waals surface area contributed by atoms with Crippen LogP contribution in [-0.4, -0.2) is 42.1 Å². The Morgan fingerprint density at radius 2 is 2.00 bits per heavy atom. The lowest BCUT2D eigenvalue weighted by atomic mass is 10.4. The molecule has 0 saturated heterocycles. The lowest BCUT2D eigenvalue weighted by Gasteiger charge is -2.20. The minimum absolute atomic E-state index is 0.0276. The Bertz CT molecular complexity index is 856. The van der Waals surface area contributed by atoms with Crippen LogP contribution in [0.3, 0.4) is 0 Å². The number of carbonyl (C=O) groups excluding carboxylic acids is 1. The molecule has 1 aliphatic carbocycles. The molecule has 118 valence electrons. The molecule has 3 rings (SSSR count). The van der Waals surface area contributed by atoms with Gasteiger partial charge in [-0.2, -0.15) is 0 Å². The maximum atomic E-state index is 12.4. The van der Waals surface area contributed by atoms with Gasteiger partial charge in [-0.1, -0.05) is 0 Å². The van der Waals surface area contributed by atoms with Crippen molar-refractivity contribution in [3.63, 3.8) is 0 Å². The summed E-state index contributed by atoms with van der Waals surface area (Å²) in [5.74, 6) is -0.0276. The smallest absolute Gasteiger partial charge is 0.332 e. The molecule has 0 spiro atoms. The summed E-state index contributed by atoms with van der Waals surface area (Å²) >= 11 is 0. The van der Waals surface area contributed by atoms with Gasteiger partial charge < -0.3 is 9.47 Å². The van der Waals surface area contributed by atoms with E-state index in [-0.39, 0.29) is 18.0 Å². The normalized spacial score (nSPS) is 14.5. The number of hydrogen-bond donors (Lipinski definition) is 0. The van der Waals surface area contributed by atoms with Crippen molar-refractivity contribution in [3.05, 3.63) is 27.2 Å². The molecular weight excluding hydrogens is 286 g/mol. The zero-order chi connectivity index (χ0) is 16.0. The van der Waals surface area contributed by atoms with Gasteiger partial charge in [-0.25, -0.2) is 9.78 Å². The van der Waals surface area contributed by atoms with Crippen molar-refractivity contribution in [2.75, 3.05) is 6.54 Å². The van der Waals surface area contributed by atoms with Crippen molar-refractivity contribution in [1.29, 1.82) is 0 Å². The Morgan fingerprint density at radius 3 is 2.59 bits per heavy atom. The van der Waals surface area contributed by atoms with Gasteiger partial charge in [0.05, 0.1) is 6.33 Å². The van der Waals surface area contributed by atoms with Gasteiger partial charge in [-0.15, -0.1) is 0 Å². The van der Waals surface area contributed by atoms with E-state index in [2.05, 4.69) is 4.98 Å². The fourth-order valence-electron chi connectivity index (χ4n) is 2.78. The Labute approximate surface area is 126 Å². The first kappa shape index (κ1) is 14.6.